The van der Waals surface area contributed by atoms with Crippen molar-refractivity contribution in [3.8, 4) is 0 Å². The Bertz CT molecular complexity index is 2390. The van der Waals surface area contributed by atoms with Crippen LogP contribution in [0.5, 0.6) is 0 Å². The van der Waals surface area contributed by atoms with E-state index in [1.165, 1.54) is 31.2 Å². The minimum atomic E-state index is -2.52. The Hall–Kier alpha value is -6.35. The highest BCUT2D eigenvalue weighted by Crippen LogP contribution is 2.37. The van der Waals surface area contributed by atoms with Crippen LogP contribution in [0.4, 0.5) is 19.2 Å². The summed E-state index contributed by atoms with van der Waals surface area (Å²) < 4.78 is 40.1. The van der Waals surface area contributed by atoms with Crippen LogP contribution in [-0.4, -0.2) is 236 Å². The van der Waals surface area contributed by atoms with Crippen LogP contribution in [-0.2, 0) is 38.0 Å². The lowest BCUT2D eigenvalue weighted by atomic mass is 9.86. The average Bonchev–Trinajstić information content (AvgIpc) is 1.87. The summed E-state index contributed by atoms with van der Waals surface area (Å²) in [6.45, 7) is 11.6. The van der Waals surface area contributed by atoms with Crippen molar-refractivity contribution < 1.29 is 113 Å². The van der Waals surface area contributed by atoms with Gasteiger partial charge in [0.1, 0.15) is 37.6 Å². The van der Waals surface area contributed by atoms with Crippen LogP contribution in [0.15, 0.2) is 110 Å². The molecule has 3 heterocycles. The number of allylic oxidation sites excluding steroid dienone is 12. The molecule has 2 saturated heterocycles. The summed E-state index contributed by atoms with van der Waals surface area (Å²) in [7, 11) is 0. The zero-order chi connectivity index (χ0) is 66.1. The van der Waals surface area contributed by atoms with Gasteiger partial charge in [-0.05, 0) is 33.1 Å². The van der Waals surface area contributed by atoms with Crippen LogP contribution in [0.25, 0.3) is 0 Å². The predicted octanol–water partition coefficient (Wildman–Crippen LogP) is 0.632. The summed E-state index contributed by atoms with van der Waals surface area (Å²) in [5, 5.41) is 132. The van der Waals surface area contributed by atoms with Crippen LogP contribution < -0.4 is 26.6 Å². The summed E-state index contributed by atoms with van der Waals surface area (Å²) in [5.41, 5.74) is 0. The van der Waals surface area contributed by atoms with Gasteiger partial charge >= 0.3 is 30.3 Å². The van der Waals surface area contributed by atoms with Gasteiger partial charge in [0.25, 0.3) is 0 Å². The highest BCUT2D eigenvalue weighted by molar-refractivity contribution is 5.75. The number of nitrogens with one attached hydrogen (secondary N) is 5. The number of ether oxygens (including phenoxy) is 7. The number of amides is 5. The largest absolute Gasteiger partial charge is 0.508 e. The number of carbonyl (C=O) groups excluding carboxylic acids is 5. The molecule has 2 fully saturated rings. The molecule has 0 aromatic rings. The molecule has 5 amide bonds. The first kappa shape index (κ1) is 76.9. The van der Waals surface area contributed by atoms with Crippen molar-refractivity contribution in [2.45, 2.75) is 189 Å². The number of hydrogen-bond donors (Lipinski definition) is 16. The van der Waals surface area contributed by atoms with Gasteiger partial charge in [-0.3, -0.25) is 4.79 Å². The summed E-state index contributed by atoms with van der Waals surface area (Å²) in [5.74, 6) is -4.12. The van der Waals surface area contributed by atoms with Crippen LogP contribution in [0, 0.1) is 11.8 Å². The van der Waals surface area contributed by atoms with Gasteiger partial charge < -0.3 is 116 Å². The van der Waals surface area contributed by atoms with E-state index in [2.05, 4.69) is 39.7 Å². The second-order valence-electron chi connectivity index (χ2n) is 22.0. The number of esters is 1. The van der Waals surface area contributed by atoms with Crippen molar-refractivity contribution in [2.24, 2.45) is 11.8 Å². The second kappa shape index (κ2) is 41.1. The Balaban J connectivity index is 2.13. The van der Waals surface area contributed by atoms with Gasteiger partial charge in [0.05, 0.1) is 92.7 Å². The molecule has 16 N–H and O–H groups in total. The molecule has 0 aromatic carbocycles. The summed E-state index contributed by atoms with van der Waals surface area (Å²) in [6.07, 6.45) is 0.656. The fourth-order valence-corrected chi connectivity index (χ4v) is 9.60. The molecule has 3 aliphatic heterocycles. The standard InChI is InChI=1S/C61H95N5O23/c1-7-27-83-59(80)66-52-54(76)40(6)86-56(55(52)77)87-45-22-20-18-16-14-12-10-9-11-13-15-17-19-21-37(3)53(75)38(4)39(5)85-50(74)31-43(70)29-42(69)23-24-46(72)47(73)30-44(71)33-61(82)34-49(88-60(81)84-28-8-2)51(48(32-45)89-61)65-58(79)63-26-25-62-57(78)64-41(35-67)36-68/h7-22,37-49,51-56,67-73,75-77,82H,1-2,23-36H2,3-6H3,(H,66,80)(H2,62,64,78)(H2,63,65,79)/b10-9+,13-11+,14-12+,17-15+,18-16+,21-19+,22-20+/t37-,38-,39-,40+,42+,43+,44-,45-,46+,47+,48-,49-,51-,52-,53+,54+,55-,56-,61+/m0/s1. The van der Waals surface area contributed by atoms with Crippen molar-refractivity contribution >= 4 is 30.3 Å². The third-order valence-corrected chi connectivity index (χ3v) is 14.6. The number of fused-ring (bicyclic) bond motifs is 2. The fourth-order valence-electron chi connectivity index (χ4n) is 9.60. The Morgan fingerprint density at radius 3 is 1.85 bits per heavy atom. The molecule has 3 rings (SSSR count). The topological polar surface area (TPSA) is 433 Å². The molecule has 0 spiro atoms. The molecule has 3 aliphatic rings. The van der Waals surface area contributed by atoms with Gasteiger partial charge in [0, 0.05) is 50.6 Å². The highest BCUT2D eigenvalue weighted by Gasteiger charge is 2.51. The quantitative estimate of drug-likeness (QED) is 0.0463. The molecule has 19 atom stereocenters. The molecule has 28 nitrogen and oxygen atoms in total. The second-order valence-corrected chi connectivity index (χ2v) is 22.0. The third-order valence-electron chi connectivity index (χ3n) is 14.6. The average molecular weight is 1270 g/mol. The van der Waals surface area contributed by atoms with Crippen LogP contribution in [0.3, 0.4) is 0 Å². The first-order chi connectivity index (χ1) is 42.3. The molecule has 0 aromatic heterocycles. The lowest BCUT2D eigenvalue weighted by Gasteiger charge is -2.47. The monoisotopic (exact) mass is 1270 g/mol. The first-order valence-electron chi connectivity index (χ1n) is 29.7. The minimum absolute atomic E-state index is 0.181. The number of urea groups is 2. The Morgan fingerprint density at radius 1 is 0.663 bits per heavy atom. The molecule has 0 radical (unpaired) electrons. The lowest BCUT2D eigenvalue weighted by molar-refractivity contribution is -0.303. The zero-order valence-corrected chi connectivity index (χ0v) is 50.8. The van der Waals surface area contributed by atoms with E-state index in [4.69, 9.17) is 33.2 Å². The van der Waals surface area contributed by atoms with Gasteiger partial charge in [0.2, 0.25) is 0 Å². The van der Waals surface area contributed by atoms with Gasteiger partial charge in [0.15, 0.2) is 12.1 Å². The van der Waals surface area contributed by atoms with Crippen molar-refractivity contribution in [1.82, 2.24) is 26.6 Å². The fraction of sp³-hybridized carbons (Fsp3) is 0.623. The van der Waals surface area contributed by atoms with Crippen LogP contribution in [0.1, 0.15) is 79.1 Å². The van der Waals surface area contributed by atoms with Gasteiger partial charge in [-0.1, -0.05) is 124 Å². The normalized spacial score (nSPS) is 35.9. The molecule has 28 heteroatoms. The molecular formula is C61H95N5O23. The third kappa shape index (κ3) is 29.0. The molecule has 502 valence electrons. The van der Waals surface area contributed by atoms with Gasteiger partial charge in [-0.25, -0.2) is 19.2 Å². The van der Waals surface area contributed by atoms with E-state index in [1.54, 1.807) is 86.8 Å². The molecule has 0 aliphatic carbocycles. The molecule has 2 bridgehead atoms. The van der Waals surface area contributed by atoms with Gasteiger partial charge in [-0.15, -0.1) is 0 Å². The molecule has 89 heavy (non-hydrogen) atoms. The maximum atomic E-state index is 13.8. The zero-order valence-electron chi connectivity index (χ0n) is 50.8. The van der Waals surface area contributed by atoms with Crippen molar-refractivity contribution in [1.29, 1.82) is 0 Å². The SMILES string of the molecule is C=CCOC(=O)N[C@@H]1[C@H](O)[C@H](O[C@H]2/C=C/C=C/C=C/C=C/C=C/C=C/C=C/[C@H](C)[C@@H](O)[C@@H](C)[C@H](C)OC(=O)C[C@H](O)C[C@H](O)CC[C@@H](O)[C@H](O)C[C@H](O)C[C@]3(O)C[C@H](OC(=O)OCC=C)[C@@H](NC(=O)NCCNC(=O)NC(CO)CO)[C@H](C2)O3)O[C@H](C)[C@H]1O. The smallest absolute Gasteiger partial charge is 0.462 e. The van der Waals surface area contributed by atoms with E-state index >= 15 is 0 Å². The van der Waals surface area contributed by atoms with E-state index in [0.717, 1.165) is 0 Å². The Morgan fingerprint density at radius 2 is 1.25 bits per heavy atom. The first-order valence-corrected chi connectivity index (χ1v) is 29.7. The van der Waals surface area contributed by atoms with Gasteiger partial charge in [-0.2, -0.15) is 0 Å². The van der Waals surface area contributed by atoms with Crippen LogP contribution in [0.2, 0.25) is 0 Å². The predicted molar refractivity (Wildman–Crippen MR) is 322 cm³/mol. The van der Waals surface area contributed by atoms with Crippen molar-refractivity contribution in [2.75, 3.05) is 39.5 Å². The van der Waals surface area contributed by atoms with E-state index in [0.29, 0.717) is 0 Å². The number of cyclic esters (lactones) is 1. The van der Waals surface area contributed by atoms with Crippen molar-refractivity contribution in [3.05, 3.63) is 110 Å². The number of aliphatic hydroxyl groups excluding tert-OH is 10. The maximum Gasteiger partial charge on any atom is 0.508 e. The number of hydrogen-bond acceptors (Lipinski definition) is 23. The minimum Gasteiger partial charge on any atom is -0.462 e. The van der Waals surface area contributed by atoms with Crippen LogP contribution >= 0.6 is 0 Å². The summed E-state index contributed by atoms with van der Waals surface area (Å²) in [6, 6.07) is -5.58. The summed E-state index contributed by atoms with van der Waals surface area (Å²) >= 11 is 0. The highest BCUT2D eigenvalue weighted by atomic mass is 16.7. The lowest BCUT2D eigenvalue weighted by Crippen LogP contribution is -2.65. The number of alkyl carbamates (subject to hydrolysis) is 1. The number of rotatable bonds is 15. The van der Waals surface area contributed by atoms with E-state index in [9.17, 15) is 80.1 Å². The summed E-state index contributed by atoms with van der Waals surface area (Å²) in [4.78, 5) is 65.0. The molecule has 0 saturated carbocycles. The molecular weight excluding hydrogens is 1170 g/mol. The Kier molecular flexibility index (Phi) is 35.5. The number of carbonyl (C=O) groups is 5. The van der Waals surface area contributed by atoms with E-state index in [1.807, 2.05) is 6.92 Å². The number of aliphatic hydroxyl groups is 11. The molecule has 0 unspecified atom stereocenters. The maximum absolute atomic E-state index is 13.8. The van der Waals surface area contributed by atoms with E-state index in [-0.39, 0.29) is 51.5 Å². The Labute approximate surface area is 519 Å². The van der Waals surface area contributed by atoms with E-state index < -0.39 is 191 Å². The van der Waals surface area contributed by atoms with Crippen molar-refractivity contribution in [3.63, 3.8) is 0 Å².